The molecule has 0 amide bonds. The molecule has 2 aromatic rings. The maximum Gasteiger partial charge on any atom is 0.233 e. The van der Waals surface area contributed by atoms with E-state index in [0.717, 1.165) is 23.1 Å². The molecule has 1 aliphatic rings. The van der Waals surface area contributed by atoms with Gasteiger partial charge in [0.2, 0.25) is 11.7 Å². The molecule has 0 aliphatic carbocycles. The molecule has 2 unspecified atom stereocenters. The second-order valence-electron chi connectivity index (χ2n) is 4.83. The Labute approximate surface area is 125 Å². The van der Waals surface area contributed by atoms with Crippen molar-refractivity contribution in [1.29, 1.82) is 0 Å². The summed E-state index contributed by atoms with van der Waals surface area (Å²) in [6, 6.07) is 8.18. The minimum Gasteiger partial charge on any atom is -0.381 e. The topological polar surface area (TPSA) is 60.2 Å². The Balaban J connectivity index is 1.84. The lowest BCUT2D eigenvalue weighted by Crippen LogP contribution is -2.39. The van der Waals surface area contributed by atoms with Crippen LogP contribution in [0.1, 0.15) is 18.2 Å². The van der Waals surface area contributed by atoms with Crippen LogP contribution in [0.25, 0.3) is 11.4 Å². The van der Waals surface area contributed by atoms with Gasteiger partial charge in [-0.05, 0) is 37.7 Å². The summed E-state index contributed by atoms with van der Waals surface area (Å²) in [5.74, 6) is 1.38. The predicted molar refractivity (Wildman–Crippen MR) is 78.5 cm³/mol. The summed E-state index contributed by atoms with van der Waals surface area (Å²) in [5, 5.41) is 7.37. The van der Waals surface area contributed by atoms with Gasteiger partial charge in [0, 0.05) is 22.7 Å². The maximum absolute atomic E-state index is 5.53. The molecular weight excluding hydrogens is 322 g/mol. The van der Waals surface area contributed by atoms with Gasteiger partial charge >= 0.3 is 0 Å². The minimum absolute atomic E-state index is 0.116. The highest BCUT2D eigenvalue weighted by molar-refractivity contribution is 9.10. The third kappa shape index (κ3) is 2.77. The second-order valence-corrected chi connectivity index (χ2v) is 5.74. The molecule has 0 bridgehead atoms. The third-order valence-corrected chi connectivity index (χ3v) is 4.12. The minimum atomic E-state index is 0.116. The lowest BCUT2D eigenvalue weighted by molar-refractivity contribution is 0.0516. The van der Waals surface area contributed by atoms with E-state index in [9.17, 15) is 0 Å². The van der Waals surface area contributed by atoms with Crippen LogP contribution in [0.4, 0.5) is 0 Å². The summed E-state index contributed by atoms with van der Waals surface area (Å²) in [6.45, 7) is 1.39. The van der Waals surface area contributed by atoms with Crippen LogP contribution in [0.5, 0.6) is 0 Å². The normalized spacial score (nSPS) is 22.9. The monoisotopic (exact) mass is 337 g/mol. The van der Waals surface area contributed by atoms with Gasteiger partial charge in [-0.15, -0.1) is 0 Å². The second kappa shape index (κ2) is 6.03. The number of likely N-dealkylation sites (N-methyl/N-ethyl adjacent to an activating group) is 1. The number of nitrogens with one attached hydrogen (secondary N) is 1. The van der Waals surface area contributed by atoms with Crippen molar-refractivity contribution in [3.05, 3.63) is 34.6 Å². The van der Waals surface area contributed by atoms with E-state index in [1.165, 1.54) is 0 Å². The Morgan fingerprint density at radius 3 is 2.85 bits per heavy atom. The highest BCUT2D eigenvalue weighted by Crippen LogP contribution is 2.27. The van der Waals surface area contributed by atoms with Crippen LogP contribution in [-0.2, 0) is 4.74 Å². The van der Waals surface area contributed by atoms with Gasteiger partial charge < -0.3 is 14.6 Å². The van der Waals surface area contributed by atoms with Crippen LogP contribution < -0.4 is 5.32 Å². The molecule has 1 saturated heterocycles. The number of hydrogen-bond acceptors (Lipinski definition) is 5. The molecule has 1 aliphatic heterocycles. The first-order valence-corrected chi connectivity index (χ1v) is 7.42. The average molecular weight is 338 g/mol. The fourth-order valence-corrected chi connectivity index (χ4v) is 2.69. The Morgan fingerprint density at radius 2 is 2.10 bits per heavy atom. The van der Waals surface area contributed by atoms with Crippen LogP contribution in [-0.4, -0.2) is 36.4 Å². The fraction of sp³-hybridized carbons (Fsp3) is 0.429. The Hall–Kier alpha value is -1.24. The number of halogens is 1. The van der Waals surface area contributed by atoms with Gasteiger partial charge in [0.05, 0.1) is 12.5 Å². The lowest BCUT2D eigenvalue weighted by atomic mass is 9.96. The molecule has 6 heteroatoms. The number of aromatic nitrogens is 2. The van der Waals surface area contributed by atoms with Crippen molar-refractivity contribution < 1.29 is 9.26 Å². The van der Waals surface area contributed by atoms with Crippen molar-refractivity contribution in [3.63, 3.8) is 0 Å². The van der Waals surface area contributed by atoms with E-state index in [4.69, 9.17) is 9.26 Å². The summed E-state index contributed by atoms with van der Waals surface area (Å²) in [4.78, 5) is 4.52. The van der Waals surface area contributed by atoms with Crippen LogP contribution in [0.15, 0.2) is 33.3 Å². The first kappa shape index (κ1) is 13.7. The quantitative estimate of drug-likeness (QED) is 0.932. The fourth-order valence-electron chi connectivity index (χ4n) is 2.43. The van der Waals surface area contributed by atoms with Crippen molar-refractivity contribution in [2.75, 3.05) is 20.3 Å². The lowest BCUT2D eigenvalue weighted by Gasteiger charge is -2.28. The number of hydrogen-bond donors (Lipinski definition) is 1. The third-order valence-electron chi connectivity index (χ3n) is 3.59. The molecule has 2 heterocycles. The number of nitrogens with zero attached hydrogens (tertiary/aromatic N) is 2. The zero-order valence-corrected chi connectivity index (χ0v) is 12.8. The molecule has 106 valence electrons. The number of ether oxygens (including phenoxy) is 1. The number of rotatable bonds is 3. The summed E-state index contributed by atoms with van der Waals surface area (Å²) < 4.78 is 12.0. The molecule has 2 atom stereocenters. The molecule has 0 saturated carbocycles. The molecule has 0 spiro atoms. The first-order valence-electron chi connectivity index (χ1n) is 6.62. The maximum atomic E-state index is 5.53. The van der Waals surface area contributed by atoms with Crippen molar-refractivity contribution >= 4 is 15.9 Å². The molecule has 1 fully saturated rings. The van der Waals surface area contributed by atoms with E-state index in [-0.39, 0.29) is 5.92 Å². The molecule has 1 aromatic carbocycles. The summed E-state index contributed by atoms with van der Waals surface area (Å²) >= 11 is 3.41. The van der Waals surface area contributed by atoms with E-state index in [2.05, 4.69) is 31.4 Å². The molecular formula is C14H16BrN3O2. The highest BCUT2D eigenvalue weighted by atomic mass is 79.9. The van der Waals surface area contributed by atoms with E-state index >= 15 is 0 Å². The van der Waals surface area contributed by atoms with Gasteiger partial charge in [-0.2, -0.15) is 4.98 Å². The van der Waals surface area contributed by atoms with Gasteiger partial charge in [0.15, 0.2) is 0 Å². The largest absolute Gasteiger partial charge is 0.381 e. The van der Waals surface area contributed by atoms with E-state index < -0.39 is 0 Å². The predicted octanol–water partition coefficient (Wildman–Crippen LogP) is 2.59. The van der Waals surface area contributed by atoms with Gasteiger partial charge in [-0.25, -0.2) is 0 Å². The standard InChI is InChI=1S/C14H16BrN3O2/c1-16-12-6-7-19-8-11(12)14-17-13(18-20-14)9-2-4-10(15)5-3-9/h2-5,11-12,16H,6-8H2,1H3. The van der Waals surface area contributed by atoms with Crippen molar-refractivity contribution in [2.45, 2.75) is 18.4 Å². The van der Waals surface area contributed by atoms with E-state index in [1.807, 2.05) is 31.3 Å². The molecule has 5 nitrogen and oxygen atoms in total. The Bertz CT molecular complexity index is 570. The number of benzene rings is 1. The van der Waals surface area contributed by atoms with Crippen LogP contribution >= 0.6 is 15.9 Å². The average Bonchev–Trinajstić information content (AvgIpc) is 2.97. The smallest absolute Gasteiger partial charge is 0.233 e. The Morgan fingerprint density at radius 1 is 1.30 bits per heavy atom. The van der Waals surface area contributed by atoms with Gasteiger partial charge in [0.25, 0.3) is 0 Å². The van der Waals surface area contributed by atoms with Crippen molar-refractivity contribution in [3.8, 4) is 11.4 Å². The zero-order chi connectivity index (χ0) is 13.9. The molecule has 1 aromatic heterocycles. The van der Waals surface area contributed by atoms with Gasteiger partial charge in [-0.3, -0.25) is 0 Å². The molecule has 1 N–H and O–H groups in total. The van der Waals surface area contributed by atoms with Crippen LogP contribution in [0.3, 0.4) is 0 Å². The van der Waals surface area contributed by atoms with Gasteiger partial charge in [-0.1, -0.05) is 21.1 Å². The van der Waals surface area contributed by atoms with E-state index in [0.29, 0.717) is 24.4 Å². The van der Waals surface area contributed by atoms with Crippen LogP contribution in [0, 0.1) is 0 Å². The molecule has 0 radical (unpaired) electrons. The molecule has 3 rings (SSSR count). The van der Waals surface area contributed by atoms with Crippen molar-refractivity contribution in [2.24, 2.45) is 0 Å². The van der Waals surface area contributed by atoms with Crippen molar-refractivity contribution in [1.82, 2.24) is 15.5 Å². The SMILES string of the molecule is CNC1CCOCC1c1nc(-c2ccc(Br)cc2)no1. The molecule has 20 heavy (non-hydrogen) atoms. The summed E-state index contributed by atoms with van der Waals surface area (Å²) in [5.41, 5.74) is 0.945. The highest BCUT2D eigenvalue weighted by Gasteiger charge is 2.30. The van der Waals surface area contributed by atoms with Crippen LogP contribution in [0.2, 0.25) is 0 Å². The summed E-state index contributed by atoms with van der Waals surface area (Å²) in [6.07, 6.45) is 0.956. The first-order chi connectivity index (χ1) is 9.78. The zero-order valence-electron chi connectivity index (χ0n) is 11.2. The summed E-state index contributed by atoms with van der Waals surface area (Å²) in [7, 11) is 1.95. The van der Waals surface area contributed by atoms with E-state index in [1.54, 1.807) is 0 Å². The van der Waals surface area contributed by atoms with Gasteiger partial charge in [0.1, 0.15) is 0 Å². The Kier molecular flexibility index (Phi) is 4.14.